The van der Waals surface area contributed by atoms with Crippen molar-refractivity contribution in [2.24, 2.45) is 0 Å². The summed E-state index contributed by atoms with van der Waals surface area (Å²) >= 11 is 1.37. The molecule has 0 unspecified atom stereocenters. The van der Waals surface area contributed by atoms with Crippen LogP contribution in [-0.4, -0.2) is 27.8 Å². The Bertz CT molecular complexity index is 1250. The zero-order chi connectivity index (χ0) is 21.9. The molecule has 5 nitrogen and oxygen atoms in total. The van der Waals surface area contributed by atoms with Gasteiger partial charge in [0.25, 0.3) is 5.56 Å². The summed E-state index contributed by atoms with van der Waals surface area (Å²) in [5, 5.41) is 1.26. The molecule has 2 aliphatic rings. The molecule has 0 saturated heterocycles. The maximum absolute atomic E-state index is 13.3. The number of allylic oxidation sites excluding steroid dienone is 2. The lowest BCUT2D eigenvalue weighted by molar-refractivity contribution is -0.116. The molecule has 6 heteroatoms. The molecular weight excluding hydrogens is 418 g/mol. The summed E-state index contributed by atoms with van der Waals surface area (Å²) in [6, 6.07) is 15.6. The molecule has 1 aromatic heterocycles. The molecule has 0 atom stereocenters. The van der Waals surface area contributed by atoms with Crippen LogP contribution in [0.2, 0.25) is 0 Å². The van der Waals surface area contributed by atoms with Crippen molar-refractivity contribution in [3.8, 4) is 0 Å². The van der Waals surface area contributed by atoms with Gasteiger partial charge in [-0.25, -0.2) is 4.98 Å². The van der Waals surface area contributed by atoms with E-state index in [2.05, 4.69) is 12.1 Å². The number of anilines is 1. The number of hydrogen-bond donors (Lipinski definition) is 0. The zero-order valence-electron chi connectivity index (χ0n) is 18.1. The number of carbonyl (C=O) groups is 1. The highest BCUT2D eigenvalue weighted by atomic mass is 32.2. The number of nitrogens with zero attached hydrogens (tertiary/aromatic N) is 3. The number of fused-ring (bicyclic) bond motifs is 2. The number of thioether (sulfide) groups is 1. The summed E-state index contributed by atoms with van der Waals surface area (Å²) < 4.78 is 1.77. The Balaban J connectivity index is 1.39. The van der Waals surface area contributed by atoms with Crippen LogP contribution in [0.5, 0.6) is 0 Å². The predicted octanol–water partition coefficient (Wildman–Crippen LogP) is 4.97. The molecular formula is C26H27N3O2S. The van der Waals surface area contributed by atoms with Gasteiger partial charge >= 0.3 is 0 Å². The Kier molecular flexibility index (Phi) is 6.12. The fraction of sp³-hybridized carbons (Fsp3) is 0.346. The van der Waals surface area contributed by atoms with Gasteiger partial charge in [0.1, 0.15) is 0 Å². The average Bonchev–Trinajstić information content (AvgIpc) is 3.27. The third-order valence-corrected chi connectivity index (χ3v) is 7.34. The number of benzene rings is 2. The minimum Gasteiger partial charge on any atom is -0.311 e. The second-order valence-electron chi connectivity index (χ2n) is 8.44. The number of rotatable bonds is 6. The van der Waals surface area contributed by atoms with Crippen LogP contribution >= 0.6 is 11.8 Å². The van der Waals surface area contributed by atoms with Crippen molar-refractivity contribution in [1.29, 1.82) is 0 Å². The van der Waals surface area contributed by atoms with Crippen LogP contribution in [0.1, 0.15) is 37.7 Å². The van der Waals surface area contributed by atoms with Crippen LogP contribution in [0, 0.1) is 0 Å². The number of carbonyl (C=O) groups excluding carboxylic acids is 1. The van der Waals surface area contributed by atoms with Crippen molar-refractivity contribution in [3.05, 3.63) is 76.1 Å². The largest absolute Gasteiger partial charge is 0.311 e. The smallest absolute Gasteiger partial charge is 0.262 e. The average molecular weight is 446 g/mol. The standard InChI is InChI=1S/C26H27N3O2S/c30-24(28-17-15-20-10-4-7-13-23(20)28)18-32-26-27-22-12-6-5-11-21(22)25(31)29(26)16-14-19-8-2-1-3-9-19/h4-8,10-13H,1-3,9,14-18H2. The second-order valence-corrected chi connectivity index (χ2v) is 9.38. The summed E-state index contributed by atoms with van der Waals surface area (Å²) in [5.41, 5.74) is 4.32. The number of para-hydroxylation sites is 2. The lowest BCUT2D eigenvalue weighted by Crippen LogP contribution is -2.31. The third kappa shape index (κ3) is 4.24. The Morgan fingerprint density at radius 3 is 2.75 bits per heavy atom. The van der Waals surface area contributed by atoms with Crippen molar-refractivity contribution in [1.82, 2.24) is 9.55 Å². The summed E-state index contributed by atoms with van der Waals surface area (Å²) in [6.07, 6.45) is 8.80. The van der Waals surface area contributed by atoms with Crippen molar-refractivity contribution in [2.75, 3.05) is 17.2 Å². The van der Waals surface area contributed by atoms with E-state index in [4.69, 9.17) is 4.98 Å². The summed E-state index contributed by atoms with van der Waals surface area (Å²) in [5.74, 6) is 0.325. The van der Waals surface area contributed by atoms with E-state index in [-0.39, 0.29) is 17.2 Å². The number of hydrogen-bond acceptors (Lipinski definition) is 4. The molecule has 0 radical (unpaired) electrons. The van der Waals surface area contributed by atoms with E-state index in [1.165, 1.54) is 35.7 Å². The normalized spacial score (nSPS) is 15.6. The monoisotopic (exact) mass is 445 g/mol. The molecule has 32 heavy (non-hydrogen) atoms. The van der Waals surface area contributed by atoms with Crippen molar-refractivity contribution < 1.29 is 4.79 Å². The third-order valence-electron chi connectivity index (χ3n) is 6.38. The van der Waals surface area contributed by atoms with Gasteiger partial charge in [0.15, 0.2) is 5.16 Å². The second kappa shape index (κ2) is 9.33. The van der Waals surface area contributed by atoms with E-state index in [0.29, 0.717) is 29.1 Å². The molecule has 5 rings (SSSR count). The van der Waals surface area contributed by atoms with Crippen LogP contribution in [0.25, 0.3) is 10.9 Å². The molecule has 2 aromatic carbocycles. The topological polar surface area (TPSA) is 55.2 Å². The summed E-state index contributed by atoms with van der Waals surface area (Å²) in [7, 11) is 0. The van der Waals surface area contributed by atoms with Crippen molar-refractivity contribution in [3.63, 3.8) is 0 Å². The molecule has 1 amide bonds. The molecule has 164 valence electrons. The van der Waals surface area contributed by atoms with Gasteiger partial charge in [-0.15, -0.1) is 0 Å². The van der Waals surface area contributed by atoms with E-state index < -0.39 is 0 Å². The van der Waals surface area contributed by atoms with E-state index in [1.807, 2.05) is 47.4 Å². The highest BCUT2D eigenvalue weighted by Gasteiger charge is 2.24. The summed E-state index contributed by atoms with van der Waals surface area (Å²) in [4.78, 5) is 32.9. The quantitative estimate of drug-likeness (QED) is 0.305. The van der Waals surface area contributed by atoms with Gasteiger partial charge in [-0.3, -0.25) is 14.2 Å². The molecule has 3 aromatic rings. The predicted molar refractivity (Wildman–Crippen MR) is 130 cm³/mol. The molecule has 0 fully saturated rings. The minimum absolute atomic E-state index is 0.0199. The first kappa shape index (κ1) is 21.0. The first-order chi connectivity index (χ1) is 15.7. The van der Waals surface area contributed by atoms with Crippen LogP contribution in [0.15, 0.2) is 70.1 Å². The first-order valence-corrected chi connectivity index (χ1v) is 12.4. The van der Waals surface area contributed by atoms with Gasteiger partial charge < -0.3 is 4.90 Å². The van der Waals surface area contributed by atoms with E-state index in [0.717, 1.165) is 31.4 Å². The lowest BCUT2D eigenvalue weighted by atomic mass is 9.97. The Morgan fingerprint density at radius 2 is 1.88 bits per heavy atom. The molecule has 0 spiro atoms. The van der Waals surface area contributed by atoms with E-state index >= 15 is 0 Å². The molecule has 0 N–H and O–H groups in total. The molecule has 2 heterocycles. The van der Waals surface area contributed by atoms with E-state index in [1.54, 1.807) is 4.57 Å². The van der Waals surface area contributed by atoms with Crippen LogP contribution < -0.4 is 10.5 Å². The van der Waals surface area contributed by atoms with Gasteiger partial charge in [-0.1, -0.05) is 53.7 Å². The van der Waals surface area contributed by atoms with Gasteiger partial charge in [-0.05, 0) is 62.3 Å². The highest BCUT2D eigenvalue weighted by molar-refractivity contribution is 7.99. The summed E-state index contributed by atoms with van der Waals surface area (Å²) in [6.45, 7) is 1.32. The maximum atomic E-state index is 13.3. The number of aromatic nitrogens is 2. The lowest BCUT2D eigenvalue weighted by Gasteiger charge is -2.18. The number of amides is 1. The molecule has 0 bridgehead atoms. The zero-order valence-corrected chi connectivity index (χ0v) is 18.9. The molecule has 1 aliphatic heterocycles. The SMILES string of the molecule is O=C(CSc1nc2ccccc2c(=O)n1CCC1=CCCCC1)N1CCc2ccccc21. The fourth-order valence-corrected chi connectivity index (χ4v) is 5.55. The van der Waals surface area contributed by atoms with Crippen molar-refractivity contribution in [2.45, 2.75) is 50.2 Å². The van der Waals surface area contributed by atoms with Crippen LogP contribution in [-0.2, 0) is 17.8 Å². The van der Waals surface area contributed by atoms with E-state index in [9.17, 15) is 9.59 Å². The minimum atomic E-state index is -0.0199. The molecule has 0 saturated carbocycles. The Hall–Kier alpha value is -2.86. The van der Waals surface area contributed by atoms with Gasteiger partial charge in [0.2, 0.25) is 5.91 Å². The highest BCUT2D eigenvalue weighted by Crippen LogP contribution is 2.29. The van der Waals surface area contributed by atoms with Gasteiger partial charge in [-0.2, -0.15) is 0 Å². The fourth-order valence-electron chi connectivity index (χ4n) is 4.64. The first-order valence-electron chi connectivity index (χ1n) is 11.4. The Morgan fingerprint density at radius 1 is 1.03 bits per heavy atom. The van der Waals surface area contributed by atoms with Gasteiger partial charge in [0.05, 0.1) is 16.7 Å². The molecule has 1 aliphatic carbocycles. The van der Waals surface area contributed by atoms with Gasteiger partial charge in [0, 0.05) is 18.8 Å². The van der Waals surface area contributed by atoms with Crippen molar-refractivity contribution >= 4 is 34.3 Å². The Labute approximate surface area is 192 Å². The van der Waals surface area contributed by atoms with Crippen LogP contribution in [0.4, 0.5) is 5.69 Å². The maximum Gasteiger partial charge on any atom is 0.262 e. The van der Waals surface area contributed by atoms with Crippen LogP contribution in [0.3, 0.4) is 0 Å².